The highest BCUT2D eigenvalue weighted by Gasteiger charge is 2.38. The van der Waals surface area contributed by atoms with Crippen LogP contribution in [-0.4, -0.2) is 54.3 Å². The first-order valence-corrected chi connectivity index (χ1v) is 9.39. The van der Waals surface area contributed by atoms with Gasteiger partial charge < -0.3 is 15.1 Å². The summed E-state index contributed by atoms with van der Waals surface area (Å²) in [5, 5.41) is 2.90. The zero-order valence-electron chi connectivity index (χ0n) is 15.3. The molecule has 1 aromatic rings. The Morgan fingerprint density at radius 1 is 1.20 bits per heavy atom. The first-order chi connectivity index (χ1) is 12.0. The lowest BCUT2D eigenvalue weighted by Crippen LogP contribution is -2.37. The molecule has 0 radical (unpaired) electrons. The maximum Gasteiger partial charge on any atom is 0.227 e. The van der Waals surface area contributed by atoms with Gasteiger partial charge in [-0.15, -0.1) is 0 Å². The smallest absolute Gasteiger partial charge is 0.227 e. The van der Waals surface area contributed by atoms with E-state index >= 15 is 0 Å². The van der Waals surface area contributed by atoms with E-state index in [1.807, 2.05) is 36.2 Å². The van der Waals surface area contributed by atoms with Crippen LogP contribution in [0.1, 0.15) is 38.2 Å². The standard InChI is InChI=1S/C20H29N3O2/c1-15(24)21-19-9-5-4-8-16(19)12-18-13-17(20(25)22(18)2)14-23-10-6-3-7-11-23/h4-5,8-9,17-18H,3,6-7,10-14H2,1-2H3,(H,21,24)/t17-,18-/m1/s1. The van der Waals surface area contributed by atoms with Crippen LogP contribution in [0.2, 0.25) is 0 Å². The number of carbonyl (C=O) groups is 2. The van der Waals surface area contributed by atoms with Crippen molar-refractivity contribution >= 4 is 17.5 Å². The number of likely N-dealkylation sites (tertiary alicyclic amines) is 2. The van der Waals surface area contributed by atoms with E-state index in [1.165, 1.54) is 26.2 Å². The van der Waals surface area contributed by atoms with Gasteiger partial charge in [0.1, 0.15) is 0 Å². The van der Waals surface area contributed by atoms with E-state index < -0.39 is 0 Å². The molecular weight excluding hydrogens is 314 g/mol. The van der Waals surface area contributed by atoms with E-state index in [9.17, 15) is 9.59 Å². The maximum absolute atomic E-state index is 12.7. The Morgan fingerprint density at radius 2 is 1.92 bits per heavy atom. The Kier molecular flexibility index (Phi) is 5.74. The summed E-state index contributed by atoms with van der Waals surface area (Å²) in [7, 11) is 1.92. The Bertz CT molecular complexity index is 625. The Labute approximate surface area is 150 Å². The molecule has 136 valence electrons. The van der Waals surface area contributed by atoms with Crippen LogP contribution in [0.25, 0.3) is 0 Å². The number of hydrogen-bond acceptors (Lipinski definition) is 3. The zero-order valence-corrected chi connectivity index (χ0v) is 15.3. The van der Waals surface area contributed by atoms with Gasteiger partial charge in [0.25, 0.3) is 0 Å². The molecule has 1 aromatic carbocycles. The second kappa shape index (κ2) is 8.00. The molecule has 0 aromatic heterocycles. The summed E-state index contributed by atoms with van der Waals surface area (Å²) in [6.45, 7) is 4.68. The van der Waals surface area contributed by atoms with Crippen LogP contribution in [0.5, 0.6) is 0 Å². The van der Waals surface area contributed by atoms with Crippen LogP contribution < -0.4 is 5.32 Å². The van der Waals surface area contributed by atoms with E-state index in [2.05, 4.69) is 10.2 Å². The number of piperidine rings is 1. The minimum absolute atomic E-state index is 0.0636. The van der Waals surface area contributed by atoms with Gasteiger partial charge in [-0.25, -0.2) is 0 Å². The monoisotopic (exact) mass is 343 g/mol. The van der Waals surface area contributed by atoms with Crippen LogP contribution in [0.15, 0.2) is 24.3 Å². The van der Waals surface area contributed by atoms with Crippen molar-refractivity contribution in [1.82, 2.24) is 9.80 Å². The number of amides is 2. The van der Waals surface area contributed by atoms with Crippen molar-refractivity contribution in [3.8, 4) is 0 Å². The van der Waals surface area contributed by atoms with Crippen molar-refractivity contribution in [2.45, 2.75) is 45.1 Å². The van der Waals surface area contributed by atoms with Crippen molar-refractivity contribution in [3.05, 3.63) is 29.8 Å². The second-order valence-corrected chi connectivity index (χ2v) is 7.44. The van der Waals surface area contributed by atoms with Gasteiger partial charge >= 0.3 is 0 Å². The van der Waals surface area contributed by atoms with Gasteiger partial charge in [-0.1, -0.05) is 24.6 Å². The van der Waals surface area contributed by atoms with Crippen LogP contribution in [-0.2, 0) is 16.0 Å². The van der Waals surface area contributed by atoms with Gasteiger partial charge in [0, 0.05) is 32.2 Å². The summed E-state index contributed by atoms with van der Waals surface area (Å²) >= 11 is 0. The second-order valence-electron chi connectivity index (χ2n) is 7.44. The Balaban J connectivity index is 1.65. The molecule has 2 aliphatic rings. The molecule has 0 saturated carbocycles. The Morgan fingerprint density at radius 3 is 2.64 bits per heavy atom. The van der Waals surface area contributed by atoms with Crippen molar-refractivity contribution < 1.29 is 9.59 Å². The molecule has 2 amide bonds. The number of benzene rings is 1. The normalized spacial score (nSPS) is 24.6. The minimum atomic E-state index is -0.0636. The molecule has 5 nitrogen and oxygen atoms in total. The third kappa shape index (κ3) is 4.40. The zero-order chi connectivity index (χ0) is 17.8. The van der Waals surface area contributed by atoms with Crippen LogP contribution in [0.4, 0.5) is 5.69 Å². The number of nitrogens with one attached hydrogen (secondary N) is 1. The number of para-hydroxylation sites is 1. The number of likely N-dealkylation sites (N-methyl/N-ethyl adjacent to an activating group) is 1. The SMILES string of the molecule is CC(=O)Nc1ccccc1C[C@@H]1C[C@H](CN2CCCCC2)C(=O)N1C. The molecular formula is C20H29N3O2. The van der Waals surface area contributed by atoms with E-state index in [0.717, 1.165) is 43.7 Å². The third-order valence-corrected chi connectivity index (χ3v) is 5.51. The summed E-state index contributed by atoms with van der Waals surface area (Å²) in [6.07, 6.45) is 5.52. The van der Waals surface area contributed by atoms with Crippen molar-refractivity contribution in [3.63, 3.8) is 0 Å². The fraction of sp³-hybridized carbons (Fsp3) is 0.600. The number of anilines is 1. The average Bonchev–Trinajstić information content (AvgIpc) is 2.85. The van der Waals surface area contributed by atoms with Crippen LogP contribution >= 0.6 is 0 Å². The fourth-order valence-electron chi connectivity index (χ4n) is 4.15. The van der Waals surface area contributed by atoms with E-state index in [-0.39, 0.29) is 23.8 Å². The molecule has 0 unspecified atom stereocenters. The predicted molar refractivity (Wildman–Crippen MR) is 99.4 cm³/mol. The highest BCUT2D eigenvalue weighted by molar-refractivity contribution is 5.89. The molecule has 0 bridgehead atoms. The van der Waals surface area contributed by atoms with Gasteiger partial charge in [0.05, 0.1) is 5.92 Å². The van der Waals surface area contributed by atoms with Gasteiger partial charge in [-0.3, -0.25) is 9.59 Å². The van der Waals surface area contributed by atoms with Gasteiger partial charge in [0.2, 0.25) is 11.8 Å². The molecule has 0 spiro atoms. The first kappa shape index (κ1) is 17.9. The van der Waals surface area contributed by atoms with E-state index in [4.69, 9.17) is 0 Å². The largest absolute Gasteiger partial charge is 0.342 e. The number of nitrogens with zero attached hydrogens (tertiary/aromatic N) is 2. The number of hydrogen-bond donors (Lipinski definition) is 1. The van der Waals surface area contributed by atoms with Gasteiger partial charge in [-0.2, -0.15) is 0 Å². The maximum atomic E-state index is 12.7. The molecule has 2 aliphatic heterocycles. The van der Waals surface area contributed by atoms with Crippen molar-refractivity contribution in [2.24, 2.45) is 5.92 Å². The third-order valence-electron chi connectivity index (χ3n) is 5.51. The quantitative estimate of drug-likeness (QED) is 0.894. The van der Waals surface area contributed by atoms with E-state index in [0.29, 0.717) is 0 Å². The van der Waals surface area contributed by atoms with Gasteiger partial charge in [0.15, 0.2) is 0 Å². The van der Waals surface area contributed by atoms with Crippen molar-refractivity contribution in [2.75, 3.05) is 32.0 Å². The van der Waals surface area contributed by atoms with E-state index in [1.54, 1.807) is 0 Å². The summed E-state index contributed by atoms with van der Waals surface area (Å²) in [6, 6.07) is 8.09. The lowest BCUT2D eigenvalue weighted by Gasteiger charge is -2.28. The fourth-order valence-corrected chi connectivity index (χ4v) is 4.15. The predicted octanol–water partition coefficient (Wildman–Crippen LogP) is 2.52. The highest BCUT2D eigenvalue weighted by Crippen LogP contribution is 2.29. The molecule has 0 aliphatic carbocycles. The molecule has 2 saturated heterocycles. The molecule has 3 rings (SSSR count). The average molecular weight is 343 g/mol. The molecule has 2 atom stereocenters. The summed E-state index contributed by atoms with van der Waals surface area (Å²) < 4.78 is 0. The Hall–Kier alpha value is -1.88. The number of rotatable bonds is 5. The minimum Gasteiger partial charge on any atom is -0.342 e. The molecule has 2 heterocycles. The summed E-state index contributed by atoms with van der Waals surface area (Å²) in [5.74, 6) is 0.319. The van der Waals surface area contributed by atoms with Gasteiger partial charge in [-0.05, 0) is 50.4 Å². The molecule has 25 heavy (non-hydrogen) atoms. The first-order valence-electron chi connectivity index (χ1n) is 9.39. The summed E-state index contributed by atoms with van der Waals surface area (Å²) in [5.41, 5.74) is 1.95. The van der Waals surface area contributed by atoms with Crippen molar-refractivity contribution in [1.29, 1.82) is 0 Å². The molecule has 2 fully saturated rings. The number of carbonyl (C=O) groups excluding carboxylic acids is 2. The lowest BCUT2D eigenvalue weighted by atomic mass is 9.97. The topological polar surface area (TPSA) is 52.7 Å². The van der Waals surface area contributed by atoms with Crippen LogP contribution in [0, 0.1) is 5.92 Å². The lowest BCUT2D eigenvalue weighted by molar-refractivity contribution is -0.131. The van der Waals surface area contributed by atoms with Crippen LogP contribution in [0.3, 0.4) is 0 Å². The highest BCUT2D eigenvalue weighted by atomic mass is 16.2. The summed E-state index contributed by atoms with van der Waals surface area (Å²) in [4.78, 5) is 28.5. The molecule has 1 N–H and O–H groups in total. The molecule has 5 heteroatoms.